The zero-order valence-corrected chi connectivity index (χ0v) is 14.8. The lowest BCUT2D eigenvalue weighted by Crippen LogP contribution is -2.37. The van der Waals surface area contributed by atoms with E-state index in [4.69, 9.17) is 5.14 Å². The molecule has 138 valence electrons. The molecule has 1 aromatic rings. The Morgan fingerprint density at radius 3 is 2.72 bits per heavy atom. The number of rotatable bonds is 6. The van der Waals surface area contributed by atoms with Gasteiger partial charge in [0.25, 0.3) is 5.69 Å². The van der Waals surface area contributed by atoms with Crippen LogP contribution >= 0.6 is 0 Å². The maximum absolute atomic E-state index is 12.1. The molecule has 0 spiro atoms. The van der Waals surface area contributed by atoms with Crippen molar-refractivity contribution in [3.05, 3.63) is 28.3 Å². The molecule has 0 bridgehead atoms. The molecular formula is C14H21N5O5S. The first-order valence-electron chi connectivity index (χ1n) is 7.58. The van der Waals surface area contributed by atoms with Crippen LogP contribution in [0, 0.1) is 10.1 Å². The highest BCUT2D eigenvalue weighted by molar-refractivity contribution is 7.89. The predicted octanol–water partition coefficient (Wildman–Crippen LogP) is -0.183. The van der Waals surface area contributed by atoms with E-state index >= 15 is 0 Å². The van der Waals surface area contributed by atoms with Gasteiger partial charge in [0.2, 0.25) is 15.9 Å². The first-order valence-corrected chi connectivity index (χ1v) is 9.13. The minimum absolute atomic E-state index is 0.00614. The predicted molar refractivity (Wildman–Crippen MR) is 91.6 cm³/mol. The number of hydrogen-bond donors (Lipinski definition) is 2. The van der Waals surface area contributed by atoms with Crippen molar-refractivity contribution in [1.82, 2.24) is 9.80 Å². The van der Waals surface area contributed by atoms with E-state index < -0.39 is 14.9 Å². The number of anilines is 1. The Hall–Kier alpha value is -2.24. The van der Waals surface area contributed by atoms with Gasteiger partial charge in [0.05, 0.1) is 16.4 Å². The van der Waals surface area contributed by atoms with E-state index in [0.717, 1.165) is 6.07 Å². The van der Waals surface area contributed by atoms with Crippen LogP contribution in [0.1, 0.15) is 6.42 Å². The second-order valence-corrected chi connectivity index (χ2v) is 7.75. The van der Waals surface area contributed by atoms with Crippen molar-refractivity contribution < 1.29 is 18.1 Å². The summed E-state index contributed by atoms with van der Waals surface area (Å²) in [5.74, 6) is -0.00614. The second-order valence-electron chi connectivity index (χ2n) is 6.19. The second kappa shape index (κ2) is 7.33. The fourth-order valence-corrected chi connectivity index (χ4v) is 3.19. The quantitative estimate of drug-likeness (QED) is 0.522. The number of carbonyl (C=O) groups is 1. The van der Waals surface area contributed by atoms with Gasteiger partial charge in [-0.3, -0.25) is 14.9 Å². The SMILES string of the molecule is CN(C)CC(=O)N1CC[C@@H](Nc2ccc(S(N)(=O)=O)cc2[N+](=O)[O-])C1. The highest BCUT2D eigenvalue weighted by atomic mass is 32.2. The molecule has 1 saturated heterocycles. The molecule has 1 aliphatic heterocycles. The molecule has 11 heteroatoms. The van der Waals surface area contributed by atoms with Crippen molar-refractivity contribution in [2.24, 2.45) is 5.14 Å². The molecule has 1 atom stereocenters. The number of sulfonamides is 1. The van der Waals surface area contributed by atoms with Gasteiger partial charge in [-0.25, -0.2) is 13.6 Å². The highest BCUT2D eigenvalue weighted by Gasteiger charge is 2.28. The van der Waals surface area contributed by atoms with E-state index in [1.807, 2.05) is 0 Å². The lowest BCUT2D eigenvalue weighted by Gasteiger charge is -2.19. The Morgan fingerprint density at radius 2 is 2.16 bits per heavy atom. The summed E-state index contributed by atoms with van der Waals surface area (Å²) in [4.78, 5) is 25.8. The van der Waals surface area contributed by atoms with E-state index in [-0.39, 0.29) is 28.2 Å². The number of nitrogens with one attached hydrogen (secondary N) is 1. The summed E-state index contributed by atoms with van der Waals surface area (Å²) in [6, 6.07) is 3.32. The Kier molecular flexibility index (Phi) is 5.60. The first-order chi connectivity index (χ1) is 11.6. The largest absolute Gasteiger partial charge is 0.375 e. The molecule has 0 aromatic heterocycles. The van der Waals surface area contributed by atoms with Gasteiger partial charge in [-0.2, -0.15) is 0 Å². The van der Waals surface area contributed by atoms with Crippen molar-refractivity contribution in [3.63, 3.8) is 0 Å². The lowest BCUT2D eigenvalue weighted by molar-refractivity contribution is -0.384. The molecule has 1 aromatic carbocycles. The number of carbonyl (C=O) groups excluding carboxylic acids is 1. The number of benzene rings is 1. The van der Waals surface area contributed by atoms with Crippen LogP contribution in [0.2, 0.25) is 0 Å². The fraction of sp³-hybridized carbons (Fsp3) is 0.500. The number of amides is 1. The normalized spacial score (nSPS) is 17.8. The summed E-state index contributed by atoms with van der Waals surface area (Å²) in [6.07, 6.45) is 0.646. The van der Waals surface area contributed by atoms with E-state index in [0.29, 0.717) is 26.1 Å². The van der Waals surface area contributed by atoms with Crippen molar-refractivity contribution in [3.8, 4) is 0 Å². The Bertz CT molecular complexity index is 780. The molecule has 0 radical (unpaired) electrons. The van der Waals surface area contributed by atoms with Gasteiger partial charge in [0.15, 0.2) is 0 Å². The molecule has 25 heavy (non-hydrogen) atoms. The minimum Gasteiger partial charge on any atom is -0.375 e. The summed E-state index contributed by atoms with van der Waals surface area (Å²) in [5.41, 5.74) is -0.172. The molecule has 2 rings (SSSR count). The van der Waals surface area contributed by atoms with E-state index in [1.54, 1.807) is 23.9 Å². The molecule has 0 saturated carbocycles. The maximum Gasteiger partial charge on any atom is 0.293 e. The smallest absolute Gasteiger partial charge is 0.293 e. The lowest BCUT2D eigenvalue weighted by atomic mass is 10.2. The Morgan fingerprint density at radius 1 is 1.48 bits per heavy atom. The molecule has 0 unspecified atom stereocenters. The van der Waals surface area contributed by atoms with Crippen molar-refractivity contribution >= 4 is 27.3 Å². The van der Waals surface area contributed by atoms with Gasteiger partial charge in [-0.15, -0.1) is 0 Å². The molecule has 1 fully saturated rings. The monoisotopic (exact) mass is 371 g/mol. The molecule has 10 nitrogen and oxygen atoms in total. The molecule has 1 amide bonds. The Balaban J connectivity index is 2.13. The molecular weight excluding hydrogens is 350 g/mol. The van der Waals surface area contributed by atoms with Crippen molar-refractivity contribution in [1.29, 1.82) is 0 Å². The maximum atomic E-state index is 12.1. The number of nitro groups is 1. The summed E-state index contributed by atoms with van der Waals surface area (Å²) < 4.78 is 22.7. The summed E-state index contributed by atoms with van der Waals surface area (Å²) in [6.45, 7) is 1.30. The number of primary sulfonamides is 1. The van der Waals surface area contributed by atoms with Gasteiger partial charge in [0, 0.05) is 25.2 Å². The van der Waals surface area contributed by atoms with Crippen LogP contribution in [0.5, 0.6) is 0 Å². The number of hydrogen-bond acceptors (Lipinski definition) is 7. The molecule has 1 heterocycles. The third kappa shape index (κ3) is 4.87. The van der Waals surface area contributed by atoms with Crippen molar-refractivity contribution in [2.75, 3.05) is 39.0 Å². The van der Waals surface area contributed by atoms with Crippen LogP contribution < -0.4 is 10.5 Å². The third-order valence-electron chi connectivity index (χ3n) is 3.85. The van der Waals surface area contributed by atoms with Gasteiger partial charge < -0.3 is 15.1 Å². The average molecular weight is 371 g/mol. The number of nitrogens with zero attached hydrogens (tertiary/aromatic N) is 3. The number of likely N-dealkylation sites (tertiary alicyclic amines) is 1. The van der Waals surface area contributed by atoms with Crippen LogP contribution in [-0.4, -0.2) is 68.8 Å². The van der Waals surface area contributed by atoms with Crippen LogP contribution in [-0.2, 0) is 14.8 Å². The zero-order valence-electron chi connectivity index (χ0n) is 14.0. The highest BCUT2D eigenvalue weighted by Crippen LogP contribution is 2.29. The summed E-state index contributed by atoms with van der Waals surface area (Å²) in [5, 5.41) is 19.3. The van der Waals surface area contributed by atoms with Gasteiger partial charge in [0.1, 0.15) is 5.69 Å². The fourth-order valence-electron chi connectivity index (χ4n) is 2.66. The van der Waals surface area contributed by atoms with Gasteiger partial charge in [-0.1, -0.05) is 0 Å². The average Bonchev–Trinajstić information content (AvgIpc) is 2.94. The van der Waals surface area contributed by atoms with Crippen LogP contribution in [0.4, 0.5) is 11.4 Å². The van der Waals surface area contributed by atoms with Crippen LogP contribution in [0.25, 0.3) is 0 Å². The molecule has 1 aliphatic rings. The van der Waals surface area contributed by atoms with E-state index in [2.05, 4.69) is 5.32 Å². The summed E-state index contributed by atoms with van der Waals surface area (Å²) in [7, 11) is -0.413. The molecule has 3 N–H and O–H groups in total. The Labute approximate surface area is 145 Å². The first kappa shape index (κ1) is 19.1. The standard InChI is InChI=1S/C14H21N5O5S/c1-17(2)9-14(20)18-6-5-10(8-18)16-12-4-3-11(25(15,23)24)7-13(12)19(21)22/h3-4,7,10,16H,5-6,8-9H2,1-2H3,(H2,15,23,24)/t10-/m1/s1. The van der Waals surface area contributed by atoms with Crippen molar-refractivity contribution in [2.45, 2.75) is 17.4 Å². The zero-order chi connectivity index (χ0) is 18.8. The minimum atomic E-state index is -4.02. The van der Waals surface area contributed by atoms with Gasteiger partial charge >= 0.3 is 0 Å². The van der Waals surface area contributed by atoms with E-state index in [1.165, 1.54) is 12.1 Å². The number of nitro benzene ring substituents is 1. The third-order valence-corrected chi connectivity index (χ3v) is 4.76. The van der Waals surface area contributed by atoms with Crippen LogP contribution in [0.15, 0.2) is 23.1 Å². The molecule has 0 aliphatic carbocycles. The van der Waals surface area contributed by atoms with Gasteiger partial charge in [-0.05, 0) is 32.6 Å². The van der Waals surface area contributed by atoms with Crippen LogP contribution in [0.3, 0.4) is 0 Å². The summed E-state index contributed by atoms with van der Waals surface area (Å²) >= 11 is 0. The van der Waals surface area contributed by atoms with E-state index in [9.17, 15) is 23.3 Å². The number of nitrogens with two attached hydrogens (primary N) is 1. The topological polar surface area (TPSA) is 139 Å². The number of likely N-dealkylation sites (N-methyl/N-ethyl adjacent to an activating group) is 1.